The average molecular weight is 202 g/mol. The highest BCUT2D eigenvalue weighted by Gasteiger charge is 1.93. The van der Waals surface area contributed by atoms with E-state index in [1.54, 1.807) is 12.2 Å². The highest BCUT2D eigenvalue weighted by Crippen LogP contribution is 2.09. The van der Waals surface area contributed by atoms with Crippen LogP contribution in [-0.4, -0.2) is 5.91 Å². The molecular weight excluding hydrogens is 188 g/mol. The second-order valence-electron chi connectivity index (χ2n) is 3.02. The number of allylic oxidation sites excluding steroid dienone is 2. The molecule has 0 bridgehead atoms. The number of amides is 1. The summed E-state index contributed by atoms with van der Waals surface area (Å²) < 4.78 is 0. The zero-order valence-corrected chi connectivity index (χ0v) is 8.39. The summed E-state index contributed by atoms with van der Waals surface area (Å²) in [6.07, 6.45) is 6.57. The summed E-state index contributed by atoms with van der Waals surface area (Å²) in [7, 11) is 0. The molecule has 15 heavy (non-hydrogen) atoms. The number of carbonyl (C=O) groups is 1. The fourth-order valence-corrected chi connectivity index (χ4v) is 1.19. The Morgan fingerprint density at radius 2 is 2.00 bits per heavy atom. The SMILES string of the molecule is NCc1ccccc1C=CC=CC(N)=O. The van der Waals surface area contributed by atoms with Crippen LogP contribution in [0.25, 0.3) is 6.08 Å². The third-order valence-electron chi connectivity index (χ3n) is 1.92. The minimum Gasteiger partial charge on any atom is -0.366 e. The number of primary amides is 1. The van der Waals surface area contributed by atoms with Crippen LogP contribution in [0.5, 0.6) is 0 Å². The first-order valence-corrected chi connectivity index (χ1v) is 4.66. The molecule has 4 N–H and O–H groups in total. The first-order valence-electron chi connectivity index (χ1n) is 4.66. The van der Waals surface area contributed by atoms with Crippen LogP contribution in [0.1, 0.15) is 11.1 Å². The Kier molecular flexibility index (Phi) is 4.31. The average Bonchev–Trinajstić information content (AvgIpc) is 2.24. The maximum absolute atomic E-state index is 10.4. The quantitative estimate of drug-likeness (QED) is 0.569. The van der Waals surface area contributed by atoms with Gasteiger partial charge in [-0.15, -0.1) is 0 Å². The maximum atomic E-state index is 10.4. The minimum atomic E-state index is -0.452. The molecule has 3 nitrogen and oxygen atoms in total. The van der Waals surface area contributed by atoms with Gasteiger partial charge in [-0.3, -0.25) is 4.79 Å². The molecule has 0 saturated carbocycles. The molecule has 0 radical (unpaired) electrons. The molecule has 1 amide bonds. The number of hydrogen-bond acceptors (Lipinski definition) is 2. The van der Waals surface area contributed by atoms with E-state index in [2.05, 4.69) is 0 Å². The second-order valence-corrected chi connectivity index (χ2v) is 3.02. The molecule has 0 unspecified atom stereocenters. The van der Waals surface area contributed by atoms with Crippen molar-refractivity contribution in [2.75, 3.05) is 0 Å². The fourth-order valence-electron chi connectivity index (χ4n) is 1.19. The third-order valence-corrected chi connectivity index (χ3v) is 1.92. The second kappa shape index (κ2) is 5.78. The van der Waals surface area contributed by atoms with Crippen molar-refractivity contribution < 1.29 is 4.79 Å². The van der Waals surface area contributed by atoms with Gasteiger partial charge in [0.15, 0.2) is 0 Å². The zero-order valence-electron chi connectivity index (χ0n) is 8.39. The van der Waals surface area contributed by atoms with Crippen LogP contribution in [-0.2, 0) is 11.3 Å². The van der Waals surface area contributed by atoms with Crippen molar-refractivity contribution in [3.8, 4) is 0 Å². The van der Waals surface area contributed by atoms with Gasteiger partial charge >= 0.3 is 0 Å². The van der Waals surface area contributed by atoms with E-state index >= 15 is 0 Å². The number of nitrogens with two attached hydrogens (primary N) is 2. The van der Waals surface area contributed by atoms with E-state index in [4.69, 9.17) is 11.5 Å². The molecule has 1 aromatic carbocycles. The van der Waals surface area contributed by atoms with Gasteiger partial charge in [0.25, 0.3) is 0 Å². The lowest BCUT2D eigenvalue weighted by atomic mass is 10.1. The van der Waals surface area contributed by atoms with Gasteiger partial charge in [-0.25, -0.2) is 0 Å². The van der Waals surface area contributed by atoms with Crippen LogP contribution < -0.4 is 11.5 Å². The summed E-state index contributed by atoms with van der Waals surface area (Å²) in [4.78, 5) is 10.4. The van der Waals surface area contributed by atoms with Crippen molar-refractivity contribution in [2.45, 2.75) is 6.54 Å². The van der Waals surface area contributed by atoms with Crippen molar-refractivity contribution in [3.05, 3.63) is 53.6 Å². The molecule has 0 heterocycles. The normalized spacial score (nSPS) is 11.3. The largest absolute Gasteiger partial charge is 0.366 e. The molecule has 0 fully saturated rings. The Balaban J connectivity index is 2.75. The van der Waals surface area contributed by atoms with Crippen molar-refractivity contribution >= 4 is 12.0 Å². The number of benzene rings is 1. The monoisotopic (exact) mass is 202 g/mol. The lowest BCUT2D eigenvalue weighted by Gasteiger charge is -2.00. The summed E-state index contributed by atoms with van der Waals surface area (Å²) in [6, 6.07) is 7.82. The molecule has 0 spiro atoms. The van der Waals surface area contributed by atoms with Crippen molar-refractivity contribution in [2.24, 2.45) is 11.5 Å². The molecule has 0 aliphatic carbocycles. The molecule has 1 rings (SSSR count). The van der Waals surface area contributed by atoms with Gasteiger partial charge in [-0.2, -0.15) is 0 Å². The number of hydrogen-bond donors (Lipinski definition) is 2. The van der Waals surface area contributed by atoms with E-state index in [0.29, 0.717) is 6.54 Å². The van der Waals surface area contributed by atoms with Crippen molar-refractivity contribution in [1.29, 1.82) is 0 Å². The standard InChI is InChI=1S/C12H14N2O/c13-9-11-7-2-1-5-10(11)6-3-4-8-12(14)15/h1-8H,9,13H2,(H2,14,15). The van der Waals surface area contributed by atoms with Crippen LogP contribution in [0.15, 0.2) is 42.5 Å². The van der Waals surface area contributed by atoms with Crippen molar-refractivity contribution in [3.63, 3.8) is 0 Å². The van der Waals surface area contributed by atoms with Crippen LogP contribution in [0.4, 0.5) is 0 Å². The van der Waals surface area contributed by atoms with Gasteiger partial charge in [-0.05, 0) is 11.1 Å². The van der Waals surface area contributed by atoms with Crippen LogP contribution >= 0.6 is 0 Å². The van der Waals surface area contributed by atoms with Crippen LogP contribution in [0, 0.1) is 0 Å². The molecule has 0 saturated heterocycles. The highest BCUT2D eigenvalue weighted by atomic mass is 16.1. The summed E-state index contributed by atoms with van der Waals surface area (Å²) >= 11 is 0. The molecule has 0 aliphatic heterocycles. The fraction of sp³-hybridized carbons (Fsp3) is 0.0833. The molecule has 3 heteroatoms. The Hall–Kier alpha value is -1.87. The van der Waals surface area contributed by atoms with E-state index in [9.17, 15) is 4.79 Å². The first-order chi connectivity index (χ1) is 7.24. The Morgan fingerprint density at radius 1 is 1.27 bits per heavy atom. The van der Waals surface area contributed by atoms with Crippen molar-refractivity contribution in [1.82, 2.24) is 0 Å². The maximum Gasteiger partial charge on any atom is 0.241 e. The first kappa shape index (κ1) is 11.2. The molecule has 1 aromatic rings. The summed E-state index contributed by atoms with van der Waals surface area (Å²) in [5, 5.41) is 0. The van der Waals surface area contributed by atoms with E-state index in [-0.39, 0.29) is 0 Å². The molecule has 0 aromatic heterocycles. The van der Waals surface area contributed by atoms with Gasteiger partial charge in [0.05, 0.1) is 0 Å². The van der Waals surface area contributed by atoms with E-state index in [1.165, 1.54) is 6.08 Å². The highest BCUT2D eigenvalue weighted by molar-refractivity contribution is 5.86. The lowest BCUT2D eigenvalue weighted by Crippen LogP contribution is -2.04. The minimum absolute atomic E-state index is 0.452. The van der Waals surface area contributed by atoms with E-state index < -0.39 is 5.91 Å². The molecule has 78 valence electrons. The third kappa shape index (κ3) is 3.79. The Bertz CT molecular complexity index is 394. The summed E-state index contributed by atoms with van der Waals surface area (Å²) in [5.41, 5.74) is 12.6. The van der Waals surface area contributed by atoms with Crippen LogP contribution in [0.3, 0.4) is 0 Å². The topological polar surface area (TPSA) is 69.1 Å². The number of rotatable bonds is 4. The molecule has 0 aliphatic rings. The summed E-state index contributed by atoms with van der Waals surface area (Å²) in [6.45, 7) is 0.500. The van der Waals surface area contributed by atoms with E-state index in [0.717, 1.165) is 11.1 Å². The van der Waals surface area contributed by atoms with Gasteiger partial charge < -0.3 is 11.5 Å². The predicted molar refractivity (Wildman–Crippen MR) is 61.7 cm³/mol. The van der Waals surface area contributed by atoms with Gasteiger partial charge in [0, 0.05) is 12.6 Å². The lowest BCUT2D eigenvalue weighted by molar-refractivity contribution is -0.113. The van der Waals surface area contributed by atoms with Gasteiger partial charge in [0.2, 0.25) is 5.91 Å². The van der Waals surface area contributed by atoms with Gasteiger partial charge in [-0.1, -0.05) is 42.5 Å². The molecule has 0 atom stereocenters. The Morgan fingerprint density at radius 3 is 2.67 bits per heavy atom. The molecular formula is C12H14N2O. The zero-order chi connectivity index (χ0) is 11.1. The van der Waals surface area contributed by atoms with Crippen LogP contribution in [0.2, 0.25) is 0 Å². The van der Waals surface area contributed by atoms with Gasteiger partial charge in [0.1, 0.15) is 0 Å². The number of carbonyl (C=O) groups excluding carboxylic acids is 1. The Labute approximate surface area is 89.1 Å². The summed E-state index contributed by atoms with van der Waals surface area (Å²) in [5.74, 6) is -0.452. The van der Waals surface area contributed by atoms with E-state index in [1.807, 2.05) is 30.3 Å². The predicted octanol–water partition coefficient (Wildman–Crippen LogP) is 1.20. The smallest absolute Gasteiger partial charge is 0.241 e.